The maximum atomic E-state index is 13.5. The Morgan fingerprint density at radius 3 is 2.46 bits per heavy atom. The van der Waals surface area contributed by atoms with Crippen LogP contribution in [-0.4, -0.2) is 47.6 Å². The molecule has 1 aromatic carbocycles. The number of hydrogen-bond donors (Lipinski definition) is 2. The van der Waals surface area contributed by atoms with Crippen molar-refractivity contribution in [3.05, 3.63) is 80.4 Å². The molecule has 0 fully saturated rings. The van der Waals surface area contributed by atoms with E-state index in [2.05, 4.69) is 31.0 Å². The highest BCUT2D eigenvalue weighted by molar-refractivity contribution is 6.38. The lowest BCUT2D eigenvalue weighted by molar-refractivity contribution is -0.141. The summed E-state index contributed by atoms with van der Waals surface area (Å²) in [6.07, 6.45) is -2.55. The van der Waals surface area contributed by atoms with Gasteiger partial charge in [0.1, 0.15) is 5.69 Å². The van der Waals surface area contributed by atoms with E-state index in [0.717, 1.165) is 9.36 Å². The van der Waals surface area contributed by atoms with Crippen molar-refractivity contribution in [2.75, 3.05) is 5.32 Å². The van der Waals surface area contributed by atoms with Crippen LogP contribution < -0.4 is 10.6 Å². The van der Waals surface area contributed by atoms with Gasteiger partial charge in [0, 0.05) is 17.3 Å². The number of halogens is 6. The minimum absolute atomic E-state index is 0.00536. The summed E-state index contributed by atoms with van der Waals surface area (Å²) in [5.41, 5.74) is -1.16. The topological polar surface area (TPSA) is 120 Å². The lowest BCUT2D eigenvalue weighted by Crippen LogP contribution is -2.31. The number of carbonyl (C=O) groups excluding carboxylic acids is 2. The van der Waals surface area contributed by atoms with Crippen LogP contribution in [0, 0.1) is 0 Å². The van der Waals surface area contributed by atoms with Gasteiger partial charge in [-0.05, 0) is 44.2 Å². The summed E-state index contributed by atoms with van der Waals surface area (Å²) in [7, 11) is 0. The second-order valence-electron chi connectivity index (χ2n) is 8.43. The molecule has 2 amide bonds. The maximum absolute atomic E-state index is 13.5. The predicted octanol–water partition coefficient (Wildman–Crippen LogP) is 5.28. The predicted molar refractivity (Wildman–Crippen MR) is 138 cm³/mol. The summed E-state index contributed by atoms with van der Waals surface area (Å²) in [6.45, 7) is 3.25. The molecular formula is C23H18Cl3F3N8O2. The van der Waals surface area contributed by atoms with Crippen LogP contribution in [0.15, 0.2) is 42.7 Å². The highest BCUT2D eigenvalue weighted by Crippen LogP contribution is 2.31. The van der Waals surface area contributed by atoms with E-state index >= 15 is 0 Å². The number of rotatable bonds is 7. The van der Waals surface area contributed by atoms with Crippen molar-refractivity contribution in [2.45, 2.75) is 32.6 Å². The number of nitrogens with one attached hydrogen (secondary N) is 2. The summed E-state index contributed by atoms with van der Waals surface area (Å²) in [5.74, 6) is -1.23. The molecule has 10 nitrogen and oxygen atoms in total. The second kappa shape index (κ2) is 11.2. The molecule has 3 heterocycles. The highest BCUT2D eigenvalue weighted by atomic mass is 35.5. The van der Waals surface area contributed by atoms with Crippen molar-refractivity contribution in [2.24, 2.45) is 0 Å². The molecule has 0 unspecified atom stereocenters. The van der Waals surface area contributed by atoms with Gasteiger partial charge >= 0.3 is 6.18 Å². The Labute approximate surface area is 234 Å². The lowest BCUT2D eigenvalue weighted by atomic mass is 10.1. The van der Waals surface area contributed by atoms with Crippen LogP contribution in [0.4, 0.5) is 18.9 Å². The largest absolute Gasteiger partial charge is 0.436 e. The number of amides is 2. The quantitative estimate of drug-likeness (QED) is 0.298. The van der Waals surface area contributed by atoms with Crippen molar-refractivity contribution in [3.8, 4) is 5.82 Å². The van der Waals surface area contributed by atoms with Gasteiger partial charge in [0.05, 0.1) is 39.7 Å². The smallest absolute Gasteiger partial charge is 0.350 e. The molecule has 0 saturated heterocycles. The van der Waals surface area contributed by atoms with Gasteiger partial charge < -0.3 is 10.6 Å². The fraction of sp³-hybridized carbons (Fsp3) is 0.217. The molecule has 4 aromatic rings. The number of anilines is 1. The maximum Gasteiger partial charge on any atom is 0.436 e. The van der Waals surface area contributed by atoms with E-state index in [9.17, 15) is 22.8 Å². The summed E-state index contributed by atoms with van der Waals surface area (Å²) < 4.78 is 40.9. The zero-order chi connectivity index (χ0) is 28.5. The number of nitrogens with zero attached hydrogens (tertiary/aromatic N) is 6. The fourth-order valence-corrected chi connectivity index (χ4v) is 4.17. The van der Waals surface area contributed by atoms with Crippen LogP contribution in [0.3, 0.4) is 0 Å². The number of hydrogen-bond acceptors (Lipinski definition) is 6. The molecule has 16 heteroatoms. The Morgan fingerprint density at radius 2 is 1.82 bits per heavy atom. The summed E-state index contributed by atoms with van der Waals surface area (Å²) >= 11 is 18.7. The molecule has 0 aliphatic carbocycles. The molecule has 0 aliphatic heterocycles. The highest BCUT2D eigenvalue weighted by Gasteiger charge is 2.34. The third-order valence-electron chi connectivity index (χ3n) is 5.04. The van der Waals surface area contributed by atoms with E-state index < -0.39 is 23.7 Å². The standard InChI is InChI=1S/C23H18Cl3F3N8O2/c1-11(2)31-21(38)14-6-12(24)7-16(26)19(14)32-22(39)17-8-13(9-36-10-18(33-35-36)23(27,28)29)34-37(17)20-15(25)4-3-5-30-20/h3-8,10-11H,9H2,1-2H3,(H,31,38)(H,32,39). The van der Waals surface area contributed by atoms with Crippen LogP contribution >= 0.6 is 34.8 Å². The first-order valence-corrected chi connectivity index (χ1v) is 12.2. The normalized spacial score (nSPS) is 11.6. The van der Waals surface area contributed by atoms with Gasteiger partial charge in [-0.25, -0.2) is 14.3 Å². The number of benzene rings is 1. The molecular weight excluding hydrogens is 584 g/mol. The van der Waals surface area contributed by atoms with Gasteiger partial charge in [-0.2, -0.15) is 18.3 Å². The molecule has 204 valence electrons. The number of alkyl halides is 3. The molecule has 4 rings (SSSR count). The molecule has 0 aliphatic rings. The Morgan fingerprint density at radius 1 is 1.08 bits per heavy atom. The third-order valence-corrected chi connectivity index (χ3v) is 5.85. The van der Waals surface area contributed by atoms with Crippen molar-refractivity contribution >= 4 is 52.3 Å². The van der Waals surface area contributed by atoms with Crippen LogP contribution in [0.25, 0.3) is 5.82 Å². The van der Waals surface area contributed by atoms with Gasteiger partial charge in [-0.1, -0.05) is 40.0 Å². The molecule has 3 aromatic heterocycles. The Hall–Kier alpha value is -3.68. The third kappa shape index (κ3) is 6.49. The molecule has 0 atom stereocenters. The SMILES string of the molecule is CC(C)NC(=O)c1cc(Cl)cc(Cl)c1NC(=O)c1cc(Cn2cc(C(F)(F)F)nn2)nn1-c1ncccc1Cl. The Bertz CT molecular complexity index is 1550. The minimum atomic E-state index is -4.68. The van der Waals surface area contributed by atoms with Crippen LogP contribution in [0.5, 0.6) is 0 Å². The molecule has 2 N–H and O–H groups in total. The van der Waals surface area contributed by atoms with E-state index in [4.69, 9.17) is 34.8 Å². The van der Waals surface area contributed by atoms with Gasteiger partial charge in [-0.3, -0.25) is 9.59 Å². The van der Waals surface area contributed by atoms with Gasteiger partial charge in [0.2, 0.25) is 0 Å². The van der Waals surface area contributed by atoms with Crippen molar-refractivity contribution < 1.29 is 22.8 Å². The van der Waals surface area contributed by atoms with E-state index in [1.807, 2.05) is 0 Å². The fourth-order valence-electron chi connectivity index (χ4n) is 3.43. The van der Waals surface area contributed by atoms with E-state index in [1.165, 1.54) is 30.5 Å². The molecule has 0 radical (unpaired) electrons. The van der Waals surface area contributed by atoms with E-state index in [-0.39, 0.29) is 56.1 Å². The zero-order valence-electron chi connectivity index (χ0n) is 20.1. The molecule has 0 saturated carbocycles. The number of carbonyl (C=O) groups is 2. The van der Waals surface area contributed by atoms with Crippen molar-refractivity contribution in [1.29, 1.82) is 0 Å². The first kappa shape index (κ1) is 28.3. The number of aromatic nitrogens is 6. The lowest BCUT2D eigenvalue weighted by Gasteiger charge is -2.15. The Kier molecular flexibility index (Phi) is 8.14. The zero-order valence-corrected chi connectivity index (χ0v) is 22.4. The summed E-state index contributed by atoms with van der Waals surface area (Å²) in [5, 5.41) is 16.5. The van der Waals surface area contributed by atoms with Crippen LogP contribution in [0.2, 0.25) is 15.1 Å². The van der Waals surface area contributed by atoms with Crippen molar-refractivity contribution in [3.63, 3.8) is 0 Å². The molecule has 0 bridgehead atoms. The average Bonchev–Trinajstić information content (AvgIpc) is 3.48. The van der Waals surface area contributed by atoms with Gasteiger partial charge in [0.15, 0.2) is 11.5 Å². The minimum Gasteiger partial charge on any atom is -0.350 e. The second-order valence-corrected chi connectivity index (χ2v) is 9.68. The molecule has 0 spiro atoms. The van der Waals surface area contributed by atoms with E-state index in [0.29, 0.717) is 6.20 Å². The molecule has 39 heavy (non-hydrogen) atoms. The Balaban J connectivity index is 1.74. The number of pyridine rings is 1. The van der Waals surface area contributed by atoms with Crippen LogP contribution in [0.1, 0.15) is 46.1 Å². The average molecular weight is 602 g/mol. The monoisotopic (exact) mass is 600 g/mol. The summed E-state index contributed by atoms with van der Waals surface area (Å²) in [6, 6.07) is 6.88. The first-order chi connectivity index (χ1) is 18.3. The first-order valence-electron chi connectivity index (χ1n) is 11.1. The van der Waals surface area contributed by atoms with E-state index in [1.54, 1.807) is 19.9 Å². The summed E-state index contributed by atoms with van der Waals surface area (Å²) in [4.78, 5) is 30.5. The van der Waals surface area contributed by atoms with Crippen LogP contribution in [-0.2, 0) is 12.7 Å². The van der Waals surface area contributed by atoms with Gasteiger partial charge in [-0.15, -0.1) is 5.10 Å². The van der Waals surface area contributed by atoms with Gasteiger partial charge in [0.25, 0.3) is 11.8 Å². The van der Waals surface area contributed by atoms with Crippen molar-refractivity contribution in [1.82, 2.24) is 35.1 Å².